The monoisotopic (exact) mass is 413 g/mol. The second-order valence-corrected chi connectivity index (χ2v) is 7.46. The van der Waals surface area contributed by atoms with E-state index in [1.807, 2.05) is 72.8 Å². The summed E-state index contributed by atoms with van der Waals surface area (Å²) in [5.41, 5.74) is 1.53. The summed E-state index contributed by atoms with van der Waals surface area (Å²) < 4.78 is 11.3. The van der Waals surface area contributed by atoms with Gasteiger partial charge in [0, 0.05) is 29.5 Å². The molecule has 1 aliphatic heterocycles. The summed E-state index contributed by atoms with van der Waals surface area (Å²) in [5, 5.41) is 6.01. The molecule has 3 aromatic carbocycles. The average molecular weight is 413 g/mol. The third kappa shape index (κ3) is 4.15. The smallest absolute Gasteiger partial charge is 0.262 e. The van der Waals surface area contributed by atoms with Crippen LogP contribution in [-0.2, 0) is 9.53 Å². The van der Waals surface area contributed by atoms with Gasteiger partial charge in [0.2, 0.25) is 0 Å². The second-order valence-electron chi connectivity index (χ2n) is 7.46. The minimum absolute atomic E-state index is 0.0915. The molecule has 0 unspecified atom stereocenters. The lowest BCUT2D eigenvalue weighted by Gasteiger charge is -2.28. The fourth-order valence-corrected chi connectivity index (χ4v) is 3.86. The highest BCUT2D eigenvalue weighted by atomic mass is 16.5. The van der Waals surface area contributed by atoms with E-state index in [0.29, 0.717) is 19.0 Å². The first-order valence-electron chi connectivity index (χ1n) is 10.4. The lowest BCUT2D eigenvalue weighted by Crippen LogP contribution is -2.36. The summed E-state index contributed by atoms with van der Waals surface area (Å²) in [4.78, 5) is 19.6. The molecular weight excluding hydrogens is 390 g/mol. The van der Waals surface area contributed by atoms with Crippen LogP contribution in [0.2, 0.25) is 0 Å². The van der Waals surface area contributed by atoms with Crippen LogP contribution in [0.25, 0.3) is 21.7 Å². The predicted molar refractivity (Wildman–Crippen MR) is 123 cm³/mol. The van der Waals surface area contributed by atoms with Crippen molar-refractivity contribution in [3.8, 4) is 5.75 Å². The van der Waals surface area contributed by atoms with E-state index in [0.717, 1.165) is 46.3 Å². The summed E-state index contributed by atoms with van der Waals surface area (Å²) in [6, 6.07) is 23.6. The summed E-state index contributed by atoms with van der Waals surface area (Å²) in [6.07, 6.45) is 0. The van der Waals surface area contributed by atoms with Crippen LogP contribution in [0.1, 0.15) is 0 Å². The number of hydrogen-bond donors (Lipinski definition) is 1. The van der Waals surface area contributed by atoms with Gasteiger partial charge >= 0.3 is 0 Å². The number of aromatic nitrogens is 1. The fraction of sp³-hybridized carbons (Fsp3) is 0.200. The summed E-state index contributed by atoms with van der Waals surface area (Å²) in [7, 11) is 0. The van der Waals surface area contributed by atoms with E-state index in [2.05, 4.69) is 10.2 Å². The second kappa shape index (κ2) is 8.62. The van der Waals surface area contributed by atoms with Gasteiger partial charge in [-0.05, 0) is 29.7 Å². The molecule has 1 aliphatic rings. The van der Waals surface area contributed by atoms with Gasteiger partial charge in [-0.3, -0.25) is 4.79 Å². The Morgan fingerprint density at radius 3 is 2.61 bits per heavy atom. The first-order chi connectivity index (χ1) is 15.3. The zero-order valence-electron chi connectivity index (χ0n) is 17.1. The maximum atomic E-state index is 12.6. The number of rotatable bonds is 5. The number of carbonyl (C=O) groups is 1. The van der Waals surface area contributed by atoms with Crippen molar-refractivity contribution in [1.82, 2.24) is 4.98 Å². The molecule has 156 valence electrons. The molecule has 6 heteroatoms. The Balaban J connectivity index is 1.33. The molecule has 1 N–H and O–H groups in total. The van der Waals surface area contributed by atoms with Crippen LogP contribution < -0.4 is 15.0 Å². The maximum Gasteiger partial charge on any atom is 0.262 e. The number of pyridine rings is 1. The maximum absolute atomic E-state index is 12.6. The molecule has 0 radical (unpaired) electrons. The van der Waals surface area contributed by atoms with Gasteiger partial charge in [-0.25, -0.2) is 4.98 Å². The van der Waals surface area contributed by atoms with Crippen molar-refractivity contribution < 1.29 is 14.3 Å². The third-order valence-corrected chi connectivity index (χ3v) is 5.43. The summed E-state index contributed by atoms with van der Waals surface area (Å²) in [5.74, 6) is 1.28. The van der Waals surface area contributed by atoms with Crippen molar-refractivity contribution in [3.63, 3.8) is 0 Å². The topological polar surface area (TPSA) is 63.7 Å². The Labute approximate surface area is 180 Å². The Morgan fingerprint density at radius 2 is 1.71 bits per heavy atom. The number of ether oxygens (including phenoxy) is 2. The minimum atomic E-state index is -0.210. The highest BCUT2D eigenvalue weighted by Gasteiger charge is 2.15. The number of hydrogen-bond acceptors (Lipinski definition) is 5. The number of morpholine rings is 1. The van der Waals surface area contributed by atoms with Crippen molar-refractivity contribution in [2.24, 2.45) is 0 Å². The largest absolute Gasteiger partial charge is 0.481 e. The molecule has 0 bridgehead atoms. The lowest BCUT2D eigenvalue weighted by molar-refractivity contribution is -0.118. The third-order valence-electron chi connectivity index (χ3n) is 5.43. The number of nitrogens with one attached hydrogen (secondary N) is 1. The molecular formula is C25H23N3O3. The molecule has 1 saturated heterocycles. The minimum Gasteiger partial charge on any atom is -0.481 e. The van der Waals surface area contributed by atoms with Gasteiger partial charge in [-0.2, -0.15) is 0 Å². The Kier molecular flexibility index (Phi) is 5.37. The number of carbonyl (C=O) groups excluding carboxylic acids is 1. The SMILES string of the molecule is O=C(COc1cccc2ccc(N3CCOCC3)nc12)Nc1cccc2ccccc12. The van der Waals surface area contributed by atoms with Crippen molar-refractivity contribution >= 4 is 39.1 Å². The van der Waals surface area contributed by atoms with E-state index in [-0.39, 0.29) is 12.5 Å². The molecule has 1 fully saturated rings. The van der Waals surface area contributed by atoms with E-state index in [1.54, 1.807) is 0 Å². The van der Waals surface area contributed by atoms with E-state index >= 15 is 0 Å². The molecule has 0 spiro atoms. The lowest BCUT2D eigenvalue weighted by atomic mass is 10.1. The van der Waals surface area contributed by atoms with Gasteiger partial charge in [0.25, 0.3) is 5.91 Å². The number of fused-ring (bicyclic) bond motifs is 2. The molecule has 5 rings (SSSR count). The molecule has 6 nitrogen and oxygen atoms in total. The highest BCUT2D eigenvalue weighted by Crippen LogP contribution is 2.27. The Bertz CT molecular complexity index is 1230. The van der Waals surface area contributed by atoms with Crippen LogP contribution in [-0.4, -0.2) is 43.8 Å². The molecule has 0 aliphatic carbocycles. The number of benzene rings is 3. The Hall–Kier alpha value is -3.64. The summed E-state index contributed by atoms with van der Waals surface area (Å²) in [6.45, 7) is 2.94. The first-order valence-corrected chi connectivity index (χ1v) is 10.4. The van der Waals surface area contributed by atoms with Crippen LogP contribution >= 0.6 is 0 Å². The average Bonchev–Trinajstić information content (AvgIpc) is 2.83. The molecule has 0 atom stereocenters. The normalized spacial score (nSPS) is 14.0. The van der Waals surface area contributed by atoms with Gasteiger partial charge in [-0.15, -0.1) is 0 Å². The molecule has 4 aromatic rings. The zero-order chi connectivity index (χ0) is 21.0. The van der Waals surface area contributed by atoms with E-state index in [9.17, 15) is 4.79 Å². The van der Waals surface area contributed by atoms with Gasteiger partial charge in [0.15, 0.2) is 6.61 Å². The van der Waals surface area contributed by atoms with E-state index in [4.69, 9.17) is 14.5 Å². The number of amides is 1. The molecule has 1 aromatic heterocycles. The van der Waals surface area contributed by atoms with Gasteiger partial charge in [0.05, 0.1) is 13.2 Å². The zero-order valence-corrected chi connectivity index (χ0v) is 17.1. The van der Waals surface area contributed by atoms with Crippen LogP contribution in [0.3, 0.4) is 0 Å². The number of anilines is 2. The van der Waals surface area contributed by atoms with Crippen molar-refractivity contribution in [3.05, 3.63) is 72.8 Å². The molecule has 0 saturated carbocycles. The van der Waals surface area contributed by atoms with Crippen molar-refractivity contribution in [1.29, 1.82) is 0 Å². The Morgan fingerprint density at radius 1 is 0.935 bits per heavy atom. The van der Waals surface area contributed by atoms with Crippen molar-refractivity contribution in [2.75, 3.05) is 43.1 Å². The molecule has 2 heterocycles. The van der Waals surface area contributed by atoms with Gasteiger partial charge in [-0.1, -0.05) is 48.5 Å². The highest BCUT2D eigenvalue weighted by molar-refractivity contribution is 6.02. The standard InChI is InChI=1S/C25H23N3O3/c29-24(26-21-9-3-6-18-5-1-2-8-20(18)21)17-31-22-10-4-7-19-11-12-23(27-25(19)22)28-13-15-30-16-14-28/h1-12H,13-17H2,(H,26,29). The number of para-hydroxylation sites is 1. The van der Waals surface area contributed by atoms with Crippen LogP contribution in [0, 0.1) is 0 Å². The van der Waals surface area contributed by atoms with Crippen LogP contribution in [0.5, 0.6) is 5.75 Å². The fourth-order valence-electron chi connectivity index (χ4n) is 3.86. The van der Waals surface area contributed by atoms with Crippen LogP contribution in [0.15, 0.2) is 72.8 Å². The predicted octanol–water partition coefficient (Wildman–Crippen LogP) is 4.24. The van der Waals surface area contributed by atoms with Crippen molar-refractivity contribution in [2.45, 2.75) is 0 Å². The quantitative estimate of drug-likeness (QED) is 0.530. The van der Waals surface area contributed by atoms with Gasteiger partial charge < -0.3 is 19.7 Å². The van der Waals surface area contributed by atoms with Crippen LogP contribution in [0.4, 0.5) is 11.5 Å². The molecule has 31 heavy (non-hydrogen) atoms. The van der Waals surface area contributed by atoms with E-state index in [1.165, 1.54) is 0 Å². The van der Waals surface area contributed by atoms with Gasteiger partial charge in [0.1, 0.15) is 17.1 Å². The number of nitrogens with zero attached hydrogens (tertiary/aromatic N) is 2. The van der Waals surface area contributed by atoms with E-state index < -0.39 is 0 Å². The molecule has 1 amide bonds. The summed E-state index contributed by atoms with van der Waals surface area (Å²) >= 11 is 0. The first kappa shape index (κ1) is 19.3.